The summed E-state index contributed by atoms with van der Waals surface area (Å²) < 4.78 is 12.2. The summed E-state index contributed by atoms with van der Waals surface area (Å²) in [6.07, 6.45) is 2.73. The van der Waals surface area contributed by atoms with E-state index >= 15 is 0 Å². The maximum absolute atomic E-state index is 6.26. The first kappa shape index (κ1) is 22.8. The number of nitrogens with zero attached hydrogens (tertiary/aromatic N) is 3. The first-order valence-electron chi connectivity index (χ1n) is 12.0. The fraction of sp³-hybridized carbons (Fsp3) is 0.370. The van der Waals surface area contributed by atoms with Crippen molar-refractivity contribution in [1.29, 1.82) is 0 Å². The summed E-state index contributed by atoms with van der Waals surface area (Å²) in [7, 11) is 2.17. The van der Waals surface area contributed by atoms with Crippen LogP contribution in [0, 0.1) is 0 Å². The molecule has 0 atom stereocenters. The lowest BCUT2D eigenvalue weighted by molar-refractivity contribution is 0.306. The van der Waals surface area contributed by atoms with E-state index in [0.29, 0.717) is 18.1 Å². The highest BCUT2D eigenvalue weighted by Crippen LogP contribution is 2.30. The molecule has 1 aliphatic rings. The average molecular weight is 479 g/mol. The van der Waals surface area contributed by atoms with E-state index in [1.54, 1.807) is 0 Å². The largest absolute Gasteiger partial charge is 0.493 e. The van der Waals surface area contributed by atoms with E-state index in [1.165, 1.54) is 5.69 Å². The first-order valence-corrected chi connectivity index (χ1v) is 12.4. The molecule has 1 fully saturated rings. The van der Waals surface area contributed by atoms with Crippen LogP contribution in [0.15, 0.2) is 52.9 Å². The van der Waals surface area contributed by atoms with Crippen molar-refractivity contribution in [3.05, 3.63) is 64.9 Å². The fourth-order valence-electron chi connectivity index (χ4n) is 4.32. The second kappa shape index (κ2) is 10.1. The Morgan fingerprint density at radius 1 is 1.06 bits per heavy atom. The number of fused-ring (bicyclic) bond motifs is 1. The van der Waals surface area contributed by atoms with Gasteiger partial charge >= 0.3 is 0 Å². The molecule has 4 aromatic rings. The summed E-state index contributed by atoms with van der Waals surface area (Å²) >= 11 is 6.26. The van der Waals surface area contributed by atoms with Gasteiger partial charge < -0.3 is 23.9 Å². The predicted octanol–water partition coefficient (Wildman–Crippen LogP) is 6.00. The average Bonchev–Trinajstić information content (AvgIpc) is 3.47. The van der Waals surface area contributed by atoms with Gasteiger partial charge in [0.25, 0.3) is 0 Å². The fourth-order valence-corrected chi connectivity index (χ4v) is 4.51. The van der Waals surface area contributed by atoms with E-state index in [1.807, 2.05) is 30.3 Å². The zero-order chi connectivity index (χ0) is 23.5. The Hall–Kier alpha value is -2.96. The highest BCUT2D eigenvalue weighted by Gasteiger charge is 2.17. The van der Waals surface area contributed by atoms with Crippen molar-refractivity contribution >= 4 is 28.3 Å². The number of halogens is 1. The van der Waals surface area contributed by atoms with Crippen LogP contribution in [0.5, 0.6) is 5.75 Å². The lowest BCUT2D eigenvalue weighted by atomic mass is 10.1. The number of benzene rings is 2. The molecule has 0 radical (unpaired) electrons. The predicted molar refractivity (Wildman–Crippen MR) is 138 cm³/mol. The zero-order valence-electron chi connectivity index (χ0n) is 19.8. The van der Waals surface area contributed by atoms with Crippen LogP contribution >= 0.6 is 11.6 Å². The summed E-state index contributed by atoms with van der Waals surface area (Å²) in [6, 6.07) is 16.1. The monoisotopic (exact) mass is 478 g/mol. The number of hydrogen-bond acceptors (Lipinski definition) is 5. The van der Waals surface area contributed by atoms with E-state index < -0.39 is 0 Å². The van der Waals surface area contributed by atoms with Crippen LogP contribution in [0.25, 0.3) is 22.6 Å². The number of imidazole rings is 1. The maximum atomic E-state index is 6.26. The van der Waals surface area contributed by atoms with Gasteiger partial charge in [0.1, 0.15) is 11.5 Å². The van der Waals surface area contributed by atoms with Crippen LogP contribution in [-0.2, 0) is 6.42 Å². The molecular weight excluding hydrogens is 448 g/mol. The van der Waals surface area contributed by atoms with E-state index in [4.69, 9.17) is 25.7 Å². The van der Waals surface area contributed by atoms with Crippen LogP contribution < -0.4 is 9.64 Å². The second-order valence-corrected chi connectivity index (χ2v) is 9.41. The second-order valence-electron chi connectivity index (χ2n) is 8.97. The molecule has 178 valence electrons. The Kier molecular flexibility index (Phi) is 6.79. The Bertz CT molecular complexity index is 1260. The van der Waals surface area contributed by atoms with Crippen molar-refractivity contribution < 1.29 is 9.15 Å². The molecule has 1 saturated heterocycles. The third kappa shape index (κ3) is 5.08. The van der Waals surface area contributed by atoms with E-state index in [9.17, 15) is 0 Å². The van der Waals surface area contributed by atoms with Crippen LogP contribution in [0.2, 0.25) is 5.02 Å². The quantitative estimate of drug-likeness (QED) is 0.315. The van der Waals surface area contributed by atoms with Gasteiger partial charge in [0.2, 0.25) is 0 Å². The Morgan fingerprint density at radius 3 is 2.74 bits per heavy atom. The van der Waals surface area contributed by atoms with Gasteiger partial charge in [-0.25, -0.2) is 4.98 Å². The number of nitrogens with one attached hydrogen (secondary N) is 1. The molecular formula is C27H31ClN4O2. The number of aromatic amines is 1. The van der Waals surface area contributed by atoms with Crippen molar-refractivity contribution in [2.45, 2.75) is 26.2 Å². The third-order valence-electron chi connectivity index (χ3n) is 6.37. The third-order valence-corrected chi connectivity index (χ3v) is 6.61. The molecule has 0 bridgehead atoms. The van der Waals surface area contributed by atoms with E-state index in [0.717, 1.165) is 78.7 Å². The number of furan rings is 1. The standard InChI is InChI=1S/C27H31ClN4O2/c1-3-4-15-33-25-9-5-20(28)16-19(25)17-22-7-10-26(34-22)27-29-23-8-6-21(18-24(23)30-27)32-13-11-31(2)12-14-32/h5-10,16,18H,3-4,11-15,17H2,1-2H3,(H,29,30). The number of H-pyrrole nitrogens is 1. The van der Waals surface area contributed by atoms with Gasteiger partial charge in [0, 0.05) is 48.9 Å². The normalized spacial score (nSPS) is 14.7. The highest BCUT2D eigenvalue weighted by molar-refractivity contribution is 6.30. The van der Waals surface area contributed by atoms with Gasteiger partial charge in [-0.3, -0.25) is 0 Å². The van der Waals surface area contributed by atoms with Gasteiger partial charge in [-0.2, -0.15) is 0 Å². The maximum Gasteiger partial charge on any atom is 0.174 e. The van der Waals surface area contributed by atoms with Crippen LogP contribution in [0.3, 0.4) is 0 Å². The van der Waals surface area contributed by atoms with Crippen LogP contribution in [0.1, 0.15) is 31.1 Å². The highest BCUT2D eigenvalue weighted by atomic mass is 35.5. The van der Waals surface area contributed by atoms with Crippen molar-refractivity contribution in [2.24, 2.45) is 0 Å². The van der Waals surface area contributed by atoms with Gasteiger partial charge in [-0.05, 0) is 62.0 Å². The number of likely N-dealkylation sites (N-methyl/N-ethyl adjacent to an activating group) is 1. The Labute approximate surface area is 205 Å². The van der Waals surface area contributed by atoms with Crippen molar-refractivity contribution in [3.63, 3.8) is 0 Å². The number of piperazine rings is 1. The lowest BCUT2D eigenvalue weighted by Gasteiger charge is -2.34. The van der Waals surface area contributed by atoms with Gasteiger partial charge in [-0.1, -0.05) is 24.9 Å². The first-order chi connectivity index (χ1) is 16.6. The molecule has 0 saturated carbocycles. The number of rotatable bonds is 8. The van der Waals surface area contributed by atoms with E-state index in [2.05, 4.69) is 47.0 Å². The summed E-state index contributed by atoms with van der Waals surface area (Å²) in [5, 5.41) is 0.693. The van der Waals surface area contributed by atoms with Crippen molar-refractivity contribution in [3.8, 4) is 17.3 Å². The summed E-state index contributed by atoms with van der Waals surface area (Å²) in [5.74, 6) is 3.16. The number of unbranched alkanes of at least 4 members (excludes halogenated alkanes) is 1. The molecule has 6 nitrogen and oxygen atoms in total. The molecule has 2 aromatic heterocycles. The Balaban J connectivity index is 1.33. The summed E-state index contributed by atoms with van der Waals surface area (Å²) in [4.78, 5) is 13.0. The molecule has 0 amide bonds. The van der Waals surface area contributed by atoms with Crippen LogP contribution in [0.4, 0.5) is 5.69 Å². The zero-order valence-corrected chi connectivity index (χ0v) is 20.6. The molecule has 34 heavy (non-hydrogen) atoms. The molecule has 1 aliphatic heterocycles. The molecule has 0 spiro atoms. The number of hydrogen-bond donors (Lipinski definition) is 1. The number of aromatic nitrogens is 2. The molecule has 1 N–H and O–H groups in total. The molecule has 0 aliphatic carbocycles. The molecule has 7 heteroatoms. The van der Waals surface area contributed by atoms with Gasteiger partial charge in [0.15, 0.2) is 11.6 Å². The summed E-state index contributed by atoms with van der Waals surface area (Å²) in [6.45, 7) is 7.10. The van der Waals surface area contributed by atoms with Gasteiger partial charge in [0.05, 0.1) is 17.6 Å². The summed E-state index contributed by atoms with van der Waals surface area (Å²) in [5.41, 5.74) is 4.21. The minimum absolute atomic E-state index is 0.607. The van der Waals surface area contributed by atoms with Crippen molar-refractivity contribution in [1.82, 2.24) is 14.9 Å². The number of anilines is 1. The topological polar surface area (TPSA) is 57.5 Å². The van der Waals surface area contributed by atoms with Crippen LogP contribution in [-0.4, -0.2) is 54.7 Å². The SMILES string of the molecule is CCCCOc1ccc(Cl)cc1Cc1ccc(-c2nc3ccc(N4CCN(C)CC4)cc3[nH]2)o1. The van der Waals surface area contributed by atoms with E-state index in [-0.39, 0.29) is 0 Å². The minimum atomic E-state index is 0.607. The van der Waals surface area contributed by atoms with Gasteiger partial charge in [-0.15, -0.1) is 0 Å². The molecule has 2 aromatic carbocycles. The smallest absolute Gasteiger partial charge is 0.174 e. The number of ether oxygens (including phenoxy) is 1. The Morgan fingerprint density at radius 2 is 1.91 bits per heavy atom. The molecule has 0 unspecified atom stereocenters. The lowest BCUT2D eigenvalue weighted by Crippen LogP contribution is -2.44. The minimum Gasteiger partial charge on any atom is -0.493 e. The molecule has 5 rings (SSSR count). The molecule has 3 heterocycles. The van der Waals surface area contributed by atoms with Crippen molar-refractivity contribution in [2.75, 3.05) is 44.7 Å².